The average Bonchev–Trinajstić information content (AvgIpc) is 2.92. The zero-order valence-corrected chi connectivity index (χ0v) is 16.6. The van der Waals surface area contributed by atoms with Gasteiger partial charge in [0.15, 0.2) is 0 Å². The van der Waals surface area contributed by atoms with Crippen LogP contribution in [0.5, 0.6) is 0 Å². The van der Waals surface area contributed by atoms with Crippen LogP contribution < -0.4 is 5.32 Å². The van der Waals surface area contributed by atoms with Crippen molar-refractivity contribution in [2.24, 2.45) is 0 Å². The summed E-state index contributed by atoms with van der Waals surface area (Å²) in [5.41, 5.74) is 4.75. The maximum absolute atomic E-state index is 13.0. The molecule has 0 saturated heterocycles. The van der Waals surface area contributed by atoms with E-state index in [-0.39, 0.29) is 5.91 Å². The number of aromatic amines is 1. The first kappa shape index (κ1) is 17.7. The molecule has 0 aliphatic heterocycles. The Bertz CT molecular complexity index is 899. The number of hydrogen-bond donors (Lipinski definition) is 2. The molecular weight excluding hydrogens is 376 g/mol. The average molecular weight is 399 g/mol. The van der Waals surface area contributed by atoms with E-state index in [2.05, 4.69) is 72.1 Å². The largest absolute Gasteiger partial charge is 0.350 e. The summed E-state index contributed by atoms with van der Waals surface area (Å²) in [6.45, 7) is 8.59. The number of hydrogen-bond acceptors (Lipinski definition) is 1. The highest BCUT2D eigenvalue weighted by molar-refractivity contribution is 9.10. The first-order valence-electron chi connectivity index (χ1n) is 8.60. The van der Waals surface area contributed by atoms with Crippen LogP contribution in [0.2, 0.25) is 0 Å². The fraction of sp³-hybridized carbons (Fsp3) is 0.286. The number of fused-ring (bicyclic) bond motifs is 1. The lowest BCUT2D eigenvalue weighted by atomic mass is 9.92. The van der Waals surface area contributed by atoms with Crippen molar-refractivity contribution in [3.8, 4) is 0 Å². The van der Waals surface area contributed by atoms with Gasteiger partial charge in [-0.2, -0.15) is 0 Å². The van der Waals surface area contributed by atoms with Gasteiger partial charge in [0, 0.05) is 16.6 Å². The predicted octanol–water partition coefficient (Wildman–Crippen LogP) is 6.43. The molecule has 0 spiro atoms. The van der Waals surface area contributed by atoms with Gasteiger partial charge in [0.1, 0.15) is 5.69 Å². The van der Waals surface area contributed by atoms with Crippen LogP contribution in [0.15, 0.2) is 46.9 Å². The normalized spacial score (nSPS) is 11.5. The Morgan fingerprint density at radius 3 is 2.12 bits per heavy atom. The van der Waals surface area contributed by atoms with Gasteiger partial charge < -0.3 is 10.3 Å². The summed E-state index contributed by atoms with van der Waals surface area (Å²) in [5, 5.41) is 4.17. The van der Waals surface area contributed by atoms with Gasteiger partial charge in [0.2, 0.25) is 0 Å². The molecule has 0 unspecified atom stereocenters. The summed E-state index contributed by atoms with van der Waals surface area (Å²) in [4.78, 5) is 16.2. The molecule has 4 heteroatoms. The lowest BCUT2D eigenvalue weighted by Gasteiger charge is -2.20. The van der Waals surface area contributed by atoms with E-state index in [9.17, 15) is 4.79 Å². The third-order valence-corrected chi connectivity index (χ3v) is 5.30. The van der Waals surface area contributed by atoms with Crippen LogP contribution in [0.1, 0.15) is 61.1 Å². The lowest BCUT2D eigenvalue weighted by molar-refractivity contribution is 0.102. The predicted molar refractivity (Wildman–Crippen MR) is 109 cm³/mol. The van der Waals surface area contributed by atoms with Crippen LogP contribution in [0.25, 0.3) is 10.9 Å². The standard InChI is InChI=1S/C21H23BrN2O/c1-12(2)14-9-7-10-15(13(3)4)19(14)24-21(25)20-18(22)16-8-5-6-11-17(16)23-20/h5-13,23H,1-4H3,(H,24,25). The van der Waals surface area contributed by atoms with E-state index < -0.39 is 0 Å². The second kappa shape index (κ2) is 7.04. The summed E-state index contributed by atoms with van der Waals surface area (Å²) in [6, 6.07) is 14.1. The first-order chi connectivity index (χ1) is 11.9. The number of halogens is 1. The van der Waals surface area contributed by atoms with Crippen molar-refractivity contribution >= 4 is 38.4 Å². The molecule has 3 nitrogen and oxygen atoms in total. The molecule has 1 aromatic heterocycles. The number of para-hydroxylation sites is 2. The maximum Gasteiger partial charge on any atom is 0.273 e. The minimum atomic E-state index is -0.127. The number of nitrogens with one attached hydrogen (secondary N) is 2. The molecule has 3 rings (SSSR count). The number of rotatable bonds is 4. The van der Waals surface area contributed by atoms with E-state index in [4.69, 9.17) is 0 Å². The molecule has 1 amide bonds. The SMILES string of the molecule is CC(C)c1cccc(C(C)C)c1NC(=O)c1[nH]c2ccccc2c1Br. The van der Waals surface area contributed by atoms with Crippen molar-refractivity contribution < 1.29 is 4.79 Å². The van der Waals surface area contributed by atoms with E-state index in [1.807, 2.05) is 24.3 Å². The molecule has 25 heavy (non-hydrogen) atoms. The quantitative estimate of drug-likeness (QED) is 0.522. The lowest BCUT2D eigenvalue weighted by Crippen LogP contribution is -2.16. The number of benzene rings is 2. The van der Waals surface area contributed by atoms with Gasteiger partial charge in [0.05, 0.1) is 4.47 Å². The van der Waals surface area contributed by atoms with Crippen LogP contribution in [-0.4, -0.2) is 10.9 Å². The molecule has 0 bridgehead atoms. The third-order valence-electron chi connectivity index (χ3n) is 4.48. The Balaban J connectivity index is 2.04. The van der Waals surface area contributed by atoms with E-state index >= 15 is 0 Å². The minimum Gasteiger partial charge on any atom is -0.350 e. The molecular formula is C21H23BrN2O. The van der Waals surface area contributed by atoms with Gasteiger partial charge in [0.25, 0.3) is 5.91 Å². The highest BCUT2D eigenvalue weighted by atomic mass is 79.9. The Kier molecular flexibility index (Phi) is 5.00. The number of carbonyl (C=O) groups is 1. The Labute approximate surface area is 157 Å². The highest BCUT2D eigenvalue weighted by Gasteiger charge is 2.20. The highest BCUT2D eigenvalue weighted by Crippen LogP contribution is 2.34. The minimum absolute atomic E-state index is 0.127. The number of aromatic nitrogens is 1. The smallest absolute Gasteiger partial charge is 0.273 e. The van der Waals surface area contributed by atoms with Crippen LogP contribution in [0, 0.1) is 0 Å². The summed E-state index contributed by atoms with van der Waals surface area (Å²) >= 11 is 3.57. The van der Waals surface area contributed by atoms with E-state index in [1.165, 1.54) is 0 Å². The number of amides is 1. The van der Waals surface area contributed by atoms with E-state index in [1.54, 1.807) is 0 Å². The Hall–Kier alpha value is -2.07. The zero-order chi connectivity index (χ0) is 18.1. The maximum atomic E-state index is 13.0. The van der Waals surface area contributed by atoms with Crippen molar-refractivity contribution in [2.45, 2.75) is 39.5 Å². The number of carbonyl (C=O) groups excluding carboxylic acids is 1. The molecule has 0 atom stereocenters. The molecule has 3 aromatic rings. The Morgan fingerprint density at radius 2 is 1.56 bits per heavy atom. The van der Waals surface area contributed by atoms with Crippen molar-refractivity contribution in [3.63, 3.8) is 0 Å². The number of H-pyrrole nitrogens is 1. The topological polar surface area (TPSA) is 44.9 Å². The number of anilines is 1. The molecule has 0 aliphatic rings. The summed E-state index contributed by atoms with van der Waals surface area (Å²) in [6.07, 6.45) is 0. The molecule has 0 radical (unpaired) electrons. The molecule has 0 saturated carbocycles. The molecule has 2 N–H and O–H groups in total. The third kappa shape index (κ3) is 3.36. The molecule has 130 valence electrons. The summed E-state index contributed by atoms with van der Waals surface area (Å²) in [5.74, 6) is 0.540. The van der Waals surface area contributed by atoms with Gasteiger partial charge in [-0.15, -0.1) is 0 Å². The van der Waals surface area contributed by atoms with Crippen LogP contribution in [-0.2, 0) is 0 Å². The van der Waals surface area contributed by atoms with Gasteiger partial charge in [-0.25, -0.2) is 0 Å². The van der Waals surface area contributed by atoms with E-state index in [0.29, 0.717) is 17.5 Å². The first-order valence-corrected chi connectivity index (χ1v) is 9.39. The van der Waals surface area contributed by atoms with Crippen LogP contribution in [0.3, 0.4) is 0 Å². The van der Waals surface area contributed by atoms with Crippen molar-refractivity contribution in [2.75, 3.05) is 5.32 Å². The molecule has 0 fully saturated rings. The second-order valence-corrected chi connectivity index (χ2v) is 7.73. The fourth-order valence-corrected chi connectivity index (χ4v) is 3.76. The van der Waals surface area contributed by atoms with Gasteiger partial charge >= 0.3 is 0 Å². The van der Waals surface area contributed by atoms with Crippen molar-refractivity contribution in [3.05, 3.63) is 63.8 Å². The monoisotopic (exact) mass is 398 g/mol. The Morgan fingerprint density at radius 1 is 0.960 bits per heavy atom. The molecule has 2 aromatic carbocycles. The fourth-order valence-electron chi connectivity index (χ4n) is 3.14. The van der Waals surface area contributed by atoms with Gasteiger partial charge in [-0.3, -0.25) is 4.79 Å². The summed E-state index contributed by atoms with van der Waals surface area (Å²) in [7, 11) is 0. The van der Waals surface area contributed by atoms with Crippen LogP contribution in [0.4, 0.5) is 5.69 Å². The van der Waals surface area contributed by atoms with Crippen molar-refractivity contribution in [1.82, 2.24) is 4.98 Å². The van der Waals surface area contributed by atoms with Crippen molar-refractivity contribution in [1.29, 1.82) is 0 Å². The van der Waals surface area contributed by atoms with E-state index in [0.717, 1.165) is 32.2 Å². The van der Waals surface area contributed by atoms with Gasteiger partial charge in [-0.05, 0) is 45.0 Å². The van der Waals surface area contributed by atoms with Gasteiger partial charge in [-0.1, -0.05) is 64.1 Å². The zero-order valence-electron chi connectivity index (χ0n) is 15.0. The molecule has 1 heterocycles. The second-order valence-electron chi connectivity index (χ2n) is 6.93. The summed E-state index contributed by atoms with van der Waals surface area (Å²) < 4.78 is 0.800. The molecule has 0 aliphatic carbocycles. The van der Waals surface area contributed by atoms with Crippen LogP contribution >= 0.6 is 15.9 Å².